The highest BCUT2D eigenvalue weighted by molar-refractivity contribution is 5.77. The van der Waals surface area contributed by atoms with Gasteiger partial charge >= 0.3 is 6.18 Å². The molecule has 25 heavy (non-hydrogen) atoms. The molecule has 0 aliphatic heterocycles. The van der Waals surface area contributed by atoms with E-state index in [2.05, 4.69) is 6.58 Å². The number of alkyl halides is 3. The third-order valence-electron chi connectivity index (χ3n) is 4.16. The molecule has 3 heteroatoms. The molecule has 0 aliphatic rings. The lowest BCUT2D eigenvalue weighted by Crippen LogP contribution is -2.04. The van der Waals surface area contributed by atoms with Gasteiger partial charge in [-0.1, -0.05) is 73.3 Å². The summed E-state index contributed by atoms with van der Waals surface area (Å²) in [4.78, 5) is 0. The molecule has 0 nitrogen and oxygen atoms in total. The predicted octanol–water partition coefficient (Wildman–Crippen LogP) is 6.61. The molecule has 0 radical (unpaired) electrons. The van der Waals surface area contributed by atoms with Crippen molar-refractivity contribution in [3.8, 4) is 11.1 Å². The van der Waals surface area contributed by atoms with Gasteiger partial charge < -0.3 is 0 Å². The van der Waals surface area contributed by atoms with Crippen LogP contribution < -0.4 is 0 Å². The van der Waals surface area contributed by atoms with E-state index in [9.17, 15) is 13.2 Å². The molecule has 0 bridgehead atoms. The van der Waals surface area contributed by atoms with Crippen molar-refractivity contribution in [1.82, 2.24) is 0 Å². The summed E-state index contributed by atoms with van der Waals surface area (Å²) in [5.41, 5.74) is 4.45. The monoisotopic (exact) mass is 338 g/mol. The van der Waals surface area contributed by atoms with Crippen LogP contribution in [0.15, 0.2) is 79.4 Å². The fourth-order valence-corrected chi connectivity index (χ4v) is 2.89. The largest absolute Gasteiger partial charge is 0.416 e. The minimum Gasteiger partial charge on any atom is -0.166 e. The summed E-state index contributed by atoms with van der Waals surface area (Å²) in [5.74, 6) is 0. The fourth-order valence-electron chi connectivity index (χ4n) is 2.89. The van der Waals surface area contributed by atoms with Crippen molar-refractivity contribution in [2.45, 2.75) is 12.6 Å². The Kier molecular flexibility index (Phi) is 4.75. The molecule has 0 amide bonds. The first-order valence-electron chi connectivity index (χ1n) is 7.95. The predicted molar refractivity (Wildman–Crippen MR) is 96.2 cm³/mol. The maximum Gasteiger partial charge on any atom is 0.416 e. The van der Waals surface area contributed by atoms with Crippen molar-refractivity contribution in [3.63, 3.8) is 0 Å². The van der Waals surface area contributed by atoms with Crippen LogP contribution in [-0.4, -0.2) is 0 Å². The van der Waals surface area contributed by atoms with E-state index >= 15 is 0 Å². The summed E-state index contributed by atoms with van der Waals surface area (Å²) in [6.45, 7) is 3.86. The molecule has 0 spiro atoms. The molecule has 3 aromatic carbocycles. The van der Waals surface area contributed by atoms with Gasteiger partial charge in [0.05, 0.1) is 5.56 Å². The van der Waals surface area contributed by atoms with Gasteiger partial charge in [-0.2, -0.15) is 13.2 Å². The summed E-state index contributed by atoms with van der Waals surface area (Å²) < 4.78 is 38.1. The van der Waals surface area contributed by atoms with E-state index in [1.165, 1.54) is 0 Å². The van der Waals surface area contributed by atoms with E-state index in [0.717, 1.165) is 39.9 Å². The standard InChI is InChI=1S/C22H17F3/c1-2-17-7-3-5-9-20(17)21-10-6-4-8-18(21)15-16-11-13-19(14-12-16)22(23,24)25/h2-14H,1,15H2. The zero-order valence-electron chi connectivity index (χ0n) is 13.6. The summed E-state index contributed by atoms with van der Waals surface area (Å²) >= 11 is 0. The normalized spacial score (nSPS) is 11.3. The zero-order valence-corrected chi connectivity index (χ0v) is 13.6. The number of benzene rings is 3. The Bertz CT molecular complexity index is 874. The highest BCUT2D eigenvalue weighted by atomic mass is 19.4. The molecular formula is C22H17F3. The smallest absolute Gasteiger partial charge is 0.166 e. The van der Waals surface area contributed by atoms with E-state index in [-0.39, 0.29) is 0 Å². The molecule has 0 fully saturated rings. The van der Waals surface area contributed by atoms with Crippen LogP contribution in [0, 0.1) is 0 Å². The Morgan fingerprint density at radius 3 is 2.00 bits per heavy atom. The van der Waals surface area contributed by atoms with Crippen LogP contribution in [0.2, 0.25) is 0 Å². The van der Waals surface area contributed by atoms with Gasteiger partial charge in [-0.3, -0.25) is 0 Å². The molecular weight excluding hydrogens is 321 g/mol. The van der Waals surface area contributed by atoms with Gasteiger partial charge in [-0.25, -0.2) is 0 Å². The van der Waals surface area contributed by atoms with Crippen molar-refractivity contribution < 1.29 is 13.2 Å². The van der Waals surface area contributed by atoms with Crippen molar-refractivity contribution in [1.29, 1.82) is 0 Å². The summed E-state index contributed by atoms with van der Waals surface area (Å²) in [6, 6.07) is 21.2. The molecule has 0 unspecified atom stereocenters. The first kappa shape index (κ1) is 17.0. The van der Waals surface area contributed by atoms with Gasteiger partial charge in [-0.15, -0.1) is 0 Å². The maximum atomic E-state index is 12.7. The Hall–Kier alpha value is -2.81. The van der Waals surface area contributed by atoms with Gasteiger partial charge in [0.25, 0.3) is 0 Å². The van der Waals surface area contributed by atoms with E-state index in [0.29, 0.717) is 6.42 Å². The van der Waals surface area contributed by atoms with Crippen LogP contribution in [0.1, 0.15) is 22.3 Å². The Morgan fingerprint density at radius 2 is 1.36 bits per heavy atom. The van der Waals surface area contributed by atoms with Gasteiger partial charge in [0, 0.05) is 0 Å². The summed E-state index contributed by atoms with van der Waals surface area (Å²) in [6.07, 6.45) is -1.93. The summed E-state index contributed by atoms with van der Waals surface area (Å²) in [5, 5.41) is 0. The molecule has 0 saturated carbocycles. The summed E-state index contributed by atoms with van der Waals surface area (Å²) in [7, 11) is 0. The average Bonchev–Trinajstić information content (AvgIpc) is 2.62. The molecule has 0 aromatic heterocycles. The van der Waals surface area contributed by atoms with Crippen molar-refractivity contribution in [2.75, 3.05) is 0 Å². The van der Waals surface area contributed by atoms with Crippen molar-refractivity contribution in [3.05, 3.63) is 102 Å². The quantitative estimate of drug-likeness (QED) is 0.502. The van der Waals surface area contributed by atoms with Crippen LogP contribution in [0.25, 0.3) is 17.2 Å². The Labute approximate surface area is 145 Å². The first-order chi connectivity index (χ1) is 12.0. The van der Waals surface area contributed by atoms with E-state index in [1.54, 1.807) is 12.1 Å². The molecule has 3 aromatic rings. The second kappa shape index (κ2) is 6.98. The lowest BCUT2D eigenvalue weighted by Gasteiger charge is -2.13. The highest BCUT2D eigenvalue weighted by Gasteiger charge is 2.29. The van der Waals surface area contributed by atoms with Crippen LogP contribution >= 0.6 is 0 Å². The van der Waals surface area contributed by atoms with Gasteiger partial charge in [0.2, 0.25) is 0 Å². The molecule has 0 atom stereocenters. The fraction of sp³-hybridized carbons (Fsp3) is 0.0909. The number of hydrogen-bond acceptors (Lipinski definition) is 0. The van der Waals surface area contributed by atoms with Crippen LogP contribution in [0.3, 0.4) is 0 Å². The molecule has 3 rings (SSSR count). The topological polar surface area (TPSA) is 0 Å². The first-order valence-corrected chi connectivity index (χ1v) is 7.95. The van der Waals surface area contributed by atoms with Gasteiger partial charge in [-0.05, 0) is 46.4 Å². The average molecular weight is 338 g/mol. The van der Waals surface area contributed by atoms with Gasteiger partial charge in [0.1, 0.15) is 0 Å². The molecule has 0 saturated heterocycles. The van der Waals surface area contributed by atoms with Crippen LogP contribution in [-0.2, 0) is 12.6 Å². The zero-order chi connectivity index (χ0) is 17.9. The minimum absolute atomic E-state index is 0.569. The lowest BCUT2D eigenvalue weighted by molar-refractivity contribution is -0.137. The SMILES string of the molecule is C=Cc1ccccc1-c1ccccc1Cc1ccc(C(F)(F)F)cc1. The molecule has 0 N–H and O–H groups in total. The second-order valence-electron chi connectivity index (χ2n) is 5.82. The van der Waals surface area contributed by atoms with Crippen LogP contribution in [0.5, 0.6) is 0 Å². The third kappa shape index (κ3) is 3.82. The van der Waals surface area contributed by atoms with E-state index in [4.69, 9.17) is 0 Å². The highest BCUT2D eigenvalue weighted by Crippen LogP contribution is 2.31. The minimum atomic E-state index is -4.31. The maximum absolute atomic E-state index is 12.7. The number of hydrogen-bond donors (Lipinski definition) is 0. The molecule has 0 heterocycles. The molecule has 126 valence electrons. The number of halogens is 3. The third-order valence-corrected chi connectivity index (χ3v) is 4.16. The van der Waals surface area contributed by atoms with Gasteiger partial charge in [0.15, 0.2) is 0 Å². The van der Waals surface area contributed by atoms with Crippen molar-refractivity contribution in [2.24, 2.45) is 0 Å². The van der Waals surface area contributed by atoms with Crippen LogP contribution in [0.4, 0.5) is 13.2 Å². The second-order valence-corrected chi connectivity index (χ2v) is 5.82. The van der Waals surface area contributed by atoms with E-state index in [1.807, 2.05) is 54.6 Å². The molecule has 0 aliphatic carbocycles. The lowest BCUT2D eigenvalue weighted by atomic mass is 9.92. The van der Waals surface area contributed by atoms with E-state index < -0.39 is 11.7 Å². The Morgan fingerprint density at radius 1 is 0.760 bits per heavy atom. The Balaban J connectivity index is 1.96. The van der Waals surface area contributed by atoms with Crippen molar-refractivity contribution >= 4 is 6.08 Å². The number of rotatable bonds is 4.